The van der Waals surface area contributed by atoms with Gasteiger partial charge in [-0.2, -0.15) is 0 Å². The topological polar surface area (TPSA) is 79.4 Å². The molecule has 98 valence electrons. The molecule has 0 bridgehead atoms. The molecular formula is C14H13NO4. The Morgan fingerprint density at radius 1 is 1.32 bits per heavy atom. The number of ether oxygens (including phenoxy) is 1. The first-order valence-corrected chi connectivity index (χ1v) is 5.70. The van der Waals surface area contributed by atoms with Gasteiger partial charge in [-0.1, -0.05) is 29.8 Å². The molecule has 0 fully saturated rings. The Balaban J connectivity index is 2.10. The third-order valence-electron chi connectivity index (χ3n) is 2.62. The summed E-state index contributed by atoms with van der Waals surface area (Å²) in [6.45, 7) is 2.25. The minimum Gasteiger partial charge on any atom is -0.483 e. The number of pyridine rings is 1. The van der Waals surface area contributed by atoms with Crippen LogP contribution in [-0.2, 0) is 6.61 Å². The zero-order valence-corrected chi connectivity index (χ0v) is 10.3. The molecule has 0 atom stereocenters. The van der Waals surface area contributed by atoms with Gasteiger partial charge in [0.2, 0.25) is 5.43 Å². The van der Waals surface area contributed by atoms with Crippen LogP contribution in [0.4, 0.5) is 0 Å². The molecule has 0 spiro atoms. The van der Waals surface area contributed by atoms with E-state index in [0.717, 1.165) is 17.2 Å². The third kappa shape index (κ3) is 3.22. The monoisotopic (exact) mass is 259 g/mol. The molecule has 0 saturated carbocycles. The minimum atomic E-state index is -1.18. The van der Waals surface area contributed by atoms with Gasteiger partial charge in [-0.25, -0.2) is 4.79 Å². The smallest absolute Gasteiger partial charge is 0.352 e. The van der Waals surface area contributed by atoms with Crippen molar-refractivity contribution in [1.82, 2.24) is 4.98 Å². The molecule has 0 radical (unpaired) electrons. The van der Waals surface area contributed by atoms with Crippen LogP contribution in [0.3, 0.4) is 0 Å². The van der Waals surface area contributed by atoms with Gasteiger partial charge in [0, 0.05) is 12.3 Å². The van der Waals surface area contributed by atoms with Gasteiger partial charge in [0.25, 0.3) is 0 Å². The van der Waals surface area contributed by atoms with E-state index in [-0.39, 0.29) is 18.1 Å². The van der Waals surface area contributed by atoms with E-state index in [1.54, 1.807) is 0 Å². The Kier molecular flexibility index (Phi) is 3.66. The summed E-state index contributed by atoms with van der Waals surface area (Å²) in [5.41, 5.74) is 1.47. The Hall–Kier alpha value is -2.56. The van der Waals surface area contributed by atoms with Gasteiger partial charge >= 0.3 is 5.97 Å². The van der Waals surface area contributed by atoms with E-state index in [4.69, 9.17) is 9.84 Å². The van der Waals surface area contributed by atoms with Crippen molar-refractivity contribution in [2.75, 3.05) is 0 Å². The Morgan fingerprint density at radius 3 is 2.58 bits per heavy atom. The summed E-state index contributed by atoms with van der Waals surface area (Å²) in [6, 6.07) is 8.74. The van der Waals surface area contributed by atoms with Gasteiger partial charge in [-0.3, -0.25) is 4.79 Å². The molecule has 2 aromatic rings. The van der Waals surface area contributed by atoms with E-state index in [2.05, 4.69) is 4.98 Å². The first-order valence-electron chi connectivity index (χ1n) is 5.70. The number of hydrogen-bond acceptors (Lipinski definition) is 3. The quantitative estimate of drug-likeness (QED) is 0.879. The fraction of sp³-hybridized carbons (Fsp3) is 0.143. The zero-order chi connectivity index (χ0) is 13.8. The van der Waals surface area contributed by atoms with Crippen LogP contribution in [0.5, 0.6) is 5.75 Å². The van der Waals surface area contributed by atoms with Crippen molar-refractivity contribution in [3.05, 3.63) is 63.6 Å². The largest absolute Gasteiger partial charge is 0.483 e. The molecule has 2 N–H and O–H groups in total. The number of nitrogens with one attached hydrogen (secondary N) is 1. The van der Waals surface area contributed by atoms with Gasteiger partial charge in [0.05, 0.1) is 0 Å². The second-order valence-electron chi connectivity index (χ2n) is 4.15. The number of benzene rings is 1. The predicted octanol–water partition coefficient (Wildman–Crippen LogP) is 1.96. The molecule has 1 heterocycles. The molecule has 0 unspecified atom stereocenters. The number of carboxylic acids is 1. The average Bonchev–Trinajstić information content (AvgIpc) is 2.39. The molecule has 5 heteroatoms. The van der Waals surface area contributed by atoms with Crippen LogP contribution >= 0.6 is 0 Å². The lowest BCUT2D eigenvalue weighted by Crippen LogP contribution is -2.12. The second kappa shape index (κ2) is 5.39. The van der Waals surface area contributed by atoms with E-state index in [9.17, 15) is 9.59 Å². The number of carboxylic acid groups (broad SMARTS) is 1. The minimum absolute atomic E-state index is 0.102. The fourth-order valence-corrected chi connectivity index (χ4v) is 1.54. The summed E-state index contributed by atoms with van der Waals surface area (Å²) in [4.78, 5) is 24.8. The van der Waals surface area contributed by atoms with Gasteiger partial charge in [-0.05, 0) is 12.5 Å². The van der Waals surface area contributed by atoms with E-state index >= 15 is 0 Å². The van der Waals surface area contributed by atoms with Crippen LogP contribution in [0.1, 0.15) is 21.6 Å². The zero-order valence-electron chi connectivity index (χ0n) is 10.3. The fourth-order valence-electron chi connectivity index (χ4n) is 1.54. The molecule has 0 saturated heterocycles. The van der Waals surface area contributed by atoms with Crippen molar-refractivity contribution in [2.24, 2.45) is 0 Å². The molecule has 19 heavy (non-hydrogen) atoms. The maximum absolute atomic E-state index is 11.6. The van der Waals surface area contributed by atoms with Gasteiger partial charge in [0.15, 0.2) is 5.75 Å². The molecule has 1 aromatic carbocycles. The summed E-state index contributed by atoms with van der Waals surface area (Å²) < 4.78 is 5.36. The van der Waals surface area contributed by atoms with Crippen LogP contribution in [-0.4, -0.2) is 16.1 Å². The summed E-state index contributed by atoms with van der Waals surface area (Å²) in [7, 11) is 0. The normalized spacial score (nSPS) is 10.2. The average molecular weight is 259 g/mol. The number of rotatable bonds is 4. The van der Waals surface area contributed by atoms with E-state index in [1.807, 2.05) is 31.2 Å². The number of aromatic carboxylic acids is 1. The summed E-state index contributed by atoms with van der Waals surface area (Å²) in [6.07, 6.45) is 1.26. The maximum Gasteiger partial charge on any atom is 0.352 e. The van der Waals surface area contributed by atoms with Gasteiger partial charge < -0.3 is 14.8 Å². The second-order valence-corrected chi connectivity index (χ2v) is 4.15. The highest BCUT2D eigenvalue weighted by Gasteiger charge is 2.07. The lowest BCUT2D eigenvalue weighted by atomic mass is 10.2. The molecule has 0 aliphatic rings. The van der Waals surface area contributed by atoms with Crippen LogP contribution in [0, 0.1) is 6.92 Å². The number of aromatic amines is 1. The SMILES string of the molecule is Cc1ccc(COc2c[nH]c(C(=O)O)cc2=O)cc1. The first kappa shape index (κ1) is 12.9. The number of hydrogen-bond donors (Lipinski definition) is 2. The molecule has 5 nitrogen and oxygen atoms in total. The summed E-state index contributed by atoms with van der Waals surface area (Å²) >= 11 is 0. The van der Waals surface area contributed by atoms with Crippen molar-refractivity contribution in [3.8, 4) is 5.75 Å². The van der Waals surface area contributed by atoms with E-state index in [1.165, 1.54) is 6.20 Å². The number of aromatic nitrogens is 1. The Morgan fingerprint density at radius 2 is 2.00 bits per heavy atom. The highest BCUT2D eigenvalue weighted by Crippen LogP contribution is 2.08. The Labute approximate surface area is 109 Å². The van der Waals surface area contributed by atoms with Gasteiger partial charge in [-0.15, -0.1) is 0 Å². The highest BCUT2D eigenvalue weighted by molar-refractivity contribution is 5.85. The molecule has 0 aliphatic heterocycles. The van der Waals surface area contributed by atoms with Crippen LogP contribution in [0.25, 0.3) is 0 Å². The van der Waals surface area contributed by atoms with Crippen molar-refractivity contribution < 1.29 is 14.6 Å². The number of aryl methyl sites for hydroxylation is 1. The predicted molar refractivity (Wildman–Crippen MR) is 69.5 cm³/mol. The molecular weight excluding hydrogens is 246 g/mol. The Bertz CT molecular complexity index is 643. The maximum atomic E-state index is 11.6. The van der Waals surface area contributed by atoms with Crippen molar-refractivity contribution in [1.29, 1.82) is 0 Å². The number of H-pyrrole nitrogens is 1. The molecule has 0 amide bonds. The molecule has 0 aliphatic carbocycles. The van der Waals surface area contributed by atoms with Crippen LogP contribution in [0.2, 0.25) is 0 Å². The van der Waals surface area contributed by atoms with Crippen LogP contribution in [0.15, 0.2) is 41.3 Å². The summed E-state index contributed by atoms with van der Waals surface area (Å²) in [5.74, 6) is -1.08. The third-order valence-corrected chi connectivity index (χ3v) is 2.62. The molecule has 2 rings (SSSR count). The summed E-state index contributed by atoms with van der Waals surface area (Å²) in [5, 5.41) is 8.72. The lowest BCUT2D eigenvalue weighted by Gasteiger charge is -2.06. The molecule has 1 aromatic heterocycles. The lowest BCUT2D eigenvalue weighted by molar-refractivity contribution is 0.0690. The first-order chi connectivity index (χ1) is 9.06. The van der Waals surface area contributed by atoms with E-state index < -0.39 is 11.4 Å². The van der Waals surface area contributed by atoms with Crippen molar-refractivity contribution in [2.45, 2.75) is 13.5 Å². The van der Waals surface area contributed by atoms with Crippen molar-refractivity contribution in [3.63, 3.8) is 0 Å². The van der Waals surface area contributed by atoms with Crippen LogP contribution < -0.4 is 10.2 Å². The number of carbonyl (C=O) groups is 1. The van der Waals surface area contributed by atoms with Gasteiger partial charge in [0.1, 0.15) is 12.3 Å². The van der Waals surface area contributed by atoms with Crippen molar-refractivity contribution >= 4 is 5.97 Å². The van der Waals surface area contributed by atoms with E-state index in [0.29, 0.717) is 0 Å². The standard InChI is InChI=1S/C14H13NO4/c1-9-2-4-10(5-3-9)8-19-13-7-15-11(14(17)18)6-12(13)16/h2-7H,8H2,1H3,(H,15,16)(H,17,18). The highest BCUT2D eigenvalue weighted by atomic mass is 16.5.